The molecule has 2 aromatic rings. The van der Waals surface area contributed by atoms with Gasteiger partial charge in [-0.15, -0.1) is 0 Å². The van der Waals surface area contributed by atoms with E-state index in [9.17, 15) is 4.79 Å². The Balaban J connectivity index is 1.81. The first-order valence-electron chi connectivity index (χ1n) is 7.23. The number of esters is 1. The molecular formula is C17H18N2O2. The van der Waals surface area contributed by atoms with Crippen LogP contribution in [0.2, 0.25) is 0 Å². The number of imidazole rings is 1. The summed E-state index contributed by atoms with van der Waals surface area (Å²) in [6.45, 7) is 2.66. The van der Waals surface area contributed by atoms with Crippen LogP contribution in [-0.2, 0) is 17.8 Å². The van der Waals surface area contributed by atoms with Crippen molar-refractivity contribution in [2.24, 2.45) is 0 Å². The third-order valence-electron chi connectivity index (χ3n) is 3.66. The van der Waals surface area contributed by atoms with E-state index in [1.54, 1.807) is 13.1 Å². The van der Waals surface area contributed by atoms with Gasteiger partial charge in [-0.05, 0) is 41.7 Å². The molecule has 1 aromatic carbocycles. The maximum Gasteiger partial charge on any atom is 0.310 e. The lowest BCUT2D eigenvalue weighted by Gasteiger charge is -2.17. The standard InChI is InChI=1S/C17H18N2O2/c1-2-17(20)21-16-6-5-14-4-3-13(9-15(14)10-16)11-19-8-7-18-12-19/h5-10,12H,2-4,11H2,1H3. The van der Waals surface area contributed by atoms with Crippen LogP contribution in [0.25, 0.3) is 6.08 Å². The van der Waals surface area contributed by atoms with E-state index in [1.165, 1.54) is 11.1 Å². The van der Waals surface area contributed by atoms with Crippen LogP contribution in [0.4, 0.5) is 0 Å². The van der Waals surface area contributed by atoms with Crippen LogP contribution in [0.5, 0.6) is 5.75 Å². The SMILES string of the molecule is CCC(=O)Oc1ccc2c(c1)C=C(Cn1ccnc1)CC2. The predicted molar refractivity (Wildman–Crippen MR) is 80.9 cm³/mol. The van der Waals surface area contributed by atoms with E-state index < -0.39 is 0 Å². The van der Waals surface area contributed by atoms with Gasteiger partial charge in [0.05, 0.1) is 6.33 Å². The van der Waals surface area contributed by atoms with Gasteiger partial charge in [0.25, 0.3) is 0 Å². The summed E-state index contributed by atoms with van der Waals surface area (Å²) in [6, 6.07) is 5.88. The summed E-state index contributed by atoms with van der Waals surface area (Å²) in [5, 5.41) is 0. The van der Waals surface area contributed by atoms with E-state index in [0.717, 1.165) is 24.9 Å². The number of aromatic nitrogens is 2. The largest absolute Gasteiger partial charge is 0.427 e. The molecule has 108 valence electrons. The third-order valence-corrected chi connectivity index (χ3v) is 3.66. The van der Waals surface area contributed by atoms with E-state index in [1.807, 2.05) is 24.7 Å². The number of carbonyl (C=O) groups excluding carboxylic acids is 1. The fourth-order valence-corrected chi connectivity index (χ4v) is 2.53. The molecule has 0 amide bonds. The average molecular weight is 282 g/mol. The number of allylic oxidation sites excluding steroid dienone is 1. The Morgan fingerprint density at radius 3 is 3.05 bits per heavy atom. The number of ether oxygens (including phenoxy) is 1. The summed E-state index contributed by atoms with van der Waals surface area (Å²) in [5.41, 5.74) is 3.82. The summed E-state index contributed by atoms with van der Waals surface area (Å²) < 4.78 is 7.35. The van der Waals surface area contributed by atoms with Gasteiger partial charge in [-0.2, -0.15) is 0 Å². The highest BCUT2D eigenvalue weighted by Gasteiger charge is 2.12. The second-order valence-electron chi connectivity index (χ2n) is 5.23. The fourth-order valence-electron chi connectivity index (χ4n) is 2.53. The first-order chi connectivity index (χ1) is 10.2. The molecule has 1 aromatic heterocycles. The Morgan fingerprint density at radius 1 is 1.38 bits per heavy atom. The van der Waals surface area contributed by atoms with Crippen LogP contribution in [-0.4, -0.2) is 15.5 Å². The van der Waals surface area contributed by atoms with Crippen LogP contribution in [0.3, 0.4) is 0 Å². The normalized spacial score (nSPS) is 13.5. The summed E-state index contributed by atoms with van der Waals surface area (Å²) in [5.74, 6) is 0.425. The Morgan fingerprint density at radius 2 is 2.29 bits per heavy atom. The Bertz CT molecular complexity index is 672. The molecule has 4 nitrogen and oxygen atoms in total. The molecule has 0 saturated carbocycles. The van der Waals surface area contributed by atoms with Gasteiger partial charge in [0.15, 0.2) is 0 Å². The topological polar surface area (TPSA) is 44.1 Å². The second-order valence-corrected chi connectivity index (χ2v) is 5.23. The van der Waals surface area contributed by atoms with Crippen molar-refractivity contribution in [2.75, 3.05) is 0 Å². The van der Waals surface area contributed by atoms with Gasteiger partial charge in [0.2, 0.25) is 0 Å². The molecule has 0 radical (unpaired) electrons. The van der Waals surface area contributed by atoms with E-state index >= 15 is 0 Å². The monoisotopic (exact) mass is 282 g/mol. The summed E-state index contributed by atoms with van der Waals surface area (Å²) in [7, 11) is 0. The van der Waals surface area contributed by atoms with Crippen LogP contribution in [0.1, 0.15) is 30.9 Å². The number of benzene rings is 1. The van der Waals surface area contributed by atoms with Crippen molar-refractivity contribution < 1.29 is 9.53 Å². The number of aryl methyl sites for hydroxylation is 1. The molecule has 0 atom stereocenters. The van der Waals surface area contributed by atoms with Crippen molar-refractivity contribution in [3.63, 3.8) is 0 Å². The van der Waals surface area contributed by atoms with Gasteiger partial charge >= 0.3 is 5.97 Å². The first-order valence-corrected chi connectivity index (χ1v) is 7.23. The van der Waals surface area contributed by atoms with Gasteiger partial charge in [-0.25, -0.2) is 4.98 Å². The number of rotatable bonds is 4. The maximum atomic E-state index is 11.4. The molecule has 4 heteroatoms. The van der Waals surface area contributed by atoms with E-state index in [2.05, 4.69) is 21.7 Å². The van der Waals surface area contributed by atoms with Crippen LogP contribution in [0.15, 0.2) is 42.5 Å². The number of hydrogen-bond acceptors (Lipinski definition) is 3. The van der Waals surface area contributed by atoms with Gasteiger partial charge in [-0.3, -0.25) is 4.79 Å². The third kappa shape index (κ3) is 3.21. The van der Waals surface area contributed by atoms with Crippen molar-refractivity contribution in [3.05, 3.63) is 53.6 Å². The van der Waals surface area contributed by atoms with Crippen molar-refractivity contribution in [1.82, 2.24) is 9.55 Å². The van der Waals surface area contributed by atoms with Gasteiger partial charge < -0.3 is 9.30 Å². The molecule has 0 aliphatic heterocycles. The Hall–Kier alpha value is -2.36. The van der Waals surface area contributed by atoms with Gasteiger partial charge in [0.1, 0.15) is 5.75 Å². The smallest absolute Gasteiger partial charge is 0.310 e. The molecule has 0 unspecified atom stereocenters. The second kappa shape index (κ2) is 5.95. The summed E-state index contributed by atoms with van der Waals surface area (Å²) >= 11 is 0. The molecule has 1 aliphatic rings. The summed E-state index contributed by atoms with van der Waals surface area (Å²) in [4.78, 5) is 15.4. The van der Waals surface area contributed by atoms with E-state index in [0.29, 0.717) is 12.2 Å². The number of carbonyl (C=O) groups is 1. The molecule has 0 saturated heterocycles. The highest BCUT2D eigenvalue weighted by Crippen LogP contribution is 2.28. The van der Waals surface area contributed by atoms with Crippen LogP contribution in [0, 0.1) is 0 Å². The van der Waals surface area contributed by atoms with Crippen molar-refractivity contribution in [2.45, 2.75) is 32.7 Å². The van der Waals surface area contributed by atoms with Gasteiger partial charge in [0, 0.05) is 25.4 Å². The predicted octanol–water partition coefficient (Wildman–Crippen LogP) is 3.23. The highest BCUT2D eigenvalue weighted by molar-refractivity contribution is 5.72. The number of hydrogen-bond donors (Lipinski definition) is 0. The highest BCUT2D eigenvalue weighted by atomic mass is 16.5. The quantitative estimate of drug-likeness (QED) is 0.639. The Labute approximate surface area is 124 Å². The van der Waals surface area contributed by atoms with Crippen LogP contribution >= 0.6 is 0 Å². The van der Waals surface area contributed by atoms with Crippen molar-refractivity contribution in [1.29, 1.82) is 0 Å². The minimum atomic E-state index is -0.201. The molecule has 21 heavy (non-hydrogen) atoms. The minimum Gasteiger partial charge on any atom is -0.427 e. The van der Waals surface area contributed by atoms with E-state index in [-0.39, 0.29) is 5.97 Å². The lowest BCUT2D eigenvalue weighted by molar-refractivity contribution is -0.134. The van der Waals surface area contributed by atoms with E-state index in [4.69, 9.17) is 4.74 Å². The summed E-state index contributed by atoms with van der Waals surface area (Å²) in [6.07, 6.45) is 10.3. The molecular weight excluding hydrogens is 264 g/mol. The van der Waals surface area contributed by atoms with Crippen molar-refractivity contribution in [3.8, 4) is 5.75 Å². The Kier molecular flexibility index (Phi) is 3.86. The zero-order valence-electron chi connectivity index (χ0n) is 12.1. The molecule has 0 spiro atoms. The first kappa shape index (κ1) is 13.6. The molecule has 1 aliphatic carbocycles. The lowest BCUT2D eigenvalue weighted by atomic mass is 9.92. The minimum absolute atomic E-state index is 0.201. The van der Waals surface area contributed by atoms with Crippen molar-refractivity contribution >= 4 is 12.0 Å². The lowest BCUT2D eigenvalue weighted by Crippen LogP contribution is -2.08. The average Bonchev–Trinajstić information content (AvgIpc) is 2.99. The molecule has 0 fully saturated rings. The molecule has 1 heterocycles. The number of fused-ring (bicyclic) bond motifs is 1. The van der Waals surface area contributed by atoms with Gasteiger partial charge in [-0.1, -0.05) is 19.1 Å². The number of nitrogens with zero attached hydrogens (tertiary/aromatic N) is 2. The zero-order chi connectivity index (χ0) is 14.7. The zero-order valence-corrected chi connectivity index (χ0v) is 12.1. The molecule has 0 N–H and O–H groups in total. The van der Waals surface area contributed by atoms with Crippen LogP contribution < -0.4 is 4.74 Å². The fraction of sp³-hybridized carbons (Fsp3) is 0.294. The molecule has 3 rings (SSSR count). The maximum absolute atomic E-state index is 11.4. The molecule has 0 bridgehead atoms.